The molecule has 0 atom stereocenters. The van der Waals surface area contributed by atoms with Gasteiger partial charge in [0.05, 0.1) is 5.39 Å². The van der Waals surface area contributed by atoms with Gasteiger partial charge in [0.25, 0.3) is 0 Å². The second-order valence-corrected chi connectivity index (χ2v) is 7.00. The van der Waals surface area contributed by atoms with Crippen LogP contribution in [0.5, 0.6) is 0 Å². The number of rotatable bonds is 6. The standard InChI is InChI=1S/C19H25N7O/c20-17(25-27)13-5-6-14-15(11-13)24-19-16(14)18(22-12-23-19)21-7-4-10-26-8-2-1-3-9-26/h5-6,11-12,27H,1-4,7-10H2,(H2,20,25)(H2,21,22,23,24). The Balaban J connectivity index is 1.52. The van der Waals surface area contributed by atoms with Crippen molar-refractivity contribution >= 4 is 33.6 Å². The van der Waals surface area contributed by atoms with Crippen LogP contribution in [0.4, 0.5) is 5.82 Å². The molecule has 1 aliphatic rings. The molecule has 1 aliphatic heterocycles. The number of likely N-dealkylation sites (tertiary alicyclic amines) is 1. The molecule has 0 radical (unpaired) electrons. The molecule has 27 heavy (non-hydrogen) atoms. The van der Waals surface area contributed by atoms with Crippen molar-refractivity contribution < 1.29 is 5.21 Å². The number of nitrogens with zero attached hydrogens (tertiary/aromatic N) is 4. The van der Waals surface area contributed by atoms with Gasteiger partial charge in [-0.3, -0.25) is 0 Å². The number of aromatic amines is 1. The molecule has 5 N–H and O–H groups in total. The molecule has 8 nitrogen and oxygen atoms in total. The van der Waals surface area contributed by atoms with E-state index in [1.807, 2.05) is 18.2 Å². The summed E-state index contributed by atoms with van der Waals surface area (Å²) in [4.78, 5) is 14.6. The Kier molecular flexibility index (Phi) is 5.06. The van der Waals surface area contributed by atoms with Gasteiger partial charge in [-0.15, -0.1) is 0 Å². The van der Waals surface area contributed by atoms with E-state index in [2.05, 4.69) is 30.3 Å². The number of nitrogens with one attached hydrogen (secondary N) is 2. The Morgan fingerprint density at radius 1 is 1.26 bits per heavy atom. The van der Waals surface area contributed by atoms with E-state index < -0.39 is 0 Å². The quantitative estimate of drug-likeness (QED) is 0.175. The van der Waals surface area contributed by atoms with Crippen molar-refractivity contribution in [1.29, 1.82) is 0 Å². The number of oxime groups is 1. The second-order valence-electron chi connectivity index (χ2n) is 7.00. The number of nitrogens with two attached hydrogens (primary N) is 1. The van der Waals surface area contributed by atoms with Crippen LogP contribution in [0.1, 0.15) is 31.2 Å². The van der Waals surface area contributed by atoms with E-state index in [1.54, 1.807) is 6.33 Å². The maximum atomic E-state index is 8.88. The lowest BCUT2D eigenvalue weighted by atomic mass is 10.1. The van der Waals surface area contributed by atoms with Crippen molar-refractivity contribution in [2.24, 2.45) is 10.9 Å². The summed E-state index contributed by atoms with van der Waals surface area (Å²) in [5.74, 6) is 0.916. The van der Waals surface area contributed by atoms with E-state index in [9.17, 15) is 0 Å². The molecule has 3 aromatic rings. The maximum Gasteiger partial charge on any atom is 0.170 e. The largest absolute Gasteiger partial charge is 0.409 e. The first-order chi connectivity index (χ1) is 13.3. The number of amidine groups is 1. The molecule has 0 saturated carbocycles. The predicted molar refractivity (Wildman–Crippen MR) is 107 cm³/mol. The minimum absolute atomic E-state index is 0.0812. The van der Waals surface area contributed by atoms with Crippen molar-refractivity contribution in [1.82, 2.24) is 19.9 Å². The van der Waals surface area contributed by atoms with Gasteiger partial charge in [-0.25, -0.2) is 9.97 Å². The van der Waals surface area contributed by atoms with Crippen molar-refractivity contribution in [2.75, 3.05) is 31.5 Å². The number of hydrogen-bond acceptors (Lipinski definition) is 6. The summed E-state index contributed by atoms with van der Waals surface area (Å²) in [7, 11) is 0. The van der Waals surface area contributed by atoms with Gasteiger partial charge in [0.2, 0.25) is 0 Å². The van der Waals surface area contributed by atoms with Crippen molar-refractivity contribution in [3.63, 3.8) is 0 Å². The summed E-state index contributed by atoms with van der Waals surface area (Å²) < 4.78 is 0. The van der Waals surface area contributed by atoms with Crippen molar-refractivity contribution in [3.05, 3.63) is 30.1 Å². The smallest absolute Gasteiger partial charge is 0.170 e. The molecule has 0 aliphatic carbocycles. The zero-order valence-corrected chi connectivity index (χ0v) is 15.3. The molecule has 0 bridgehead atoms. The van der Waals surface area contributed by atoms with Gasteiger partial charge in [0.15, 0.2) is 5.84 Å². The molecule has 1 aromatic carbocycles. The van der Waals surface area contributed by atoms with Crippen molar-refractivity contribution in [2.45, 2.75) is 25.7 Å². The van der Waals surface area contributed by atoms with Gasteiger partial charge in [-0.1, -0.05) is 23.7 Å². The topological polar surface area (TPSA) is 115 Å². The van der Waals surface area contributed by atoms with Gasteiger partial charge in [-0.05, 0) is 45.0 Å². The second kappa shape index (κ2) is 7.79. The average molecular weight is 367 g/mol. The fraction of sp³-hybridized carbons (Fsp3) is 0.421. The molecule has 1 saturated heterocycles. The monoisotopic (exact) mass is 367 g/mol. The predicted octanol–water partition coefficient (Wildman–Crippen LogP) is 2.49. The lowest BCUT2D eigenvalue weighted by molar-refractivity contribution is 0.228. The molecule has 0 spiro atoms. The zero-order chi connectivity index (χ0) is 18.6. The highest BCUT2D eigenvalue weighted by molar-refractivity contribution is 6.12. The molecule has 2 aromatic heterocycles. The van der Waals surface area contributed by atoms with E-state index in [-0.39, 0.29) is 5.84 Å². The van der Waals surface area contributed by atoms with Crippen molar-refractivity contribution in [3.8, 4) is 0 Å². The summed E-state index contributed by atoms with van der Waals surface area (Å²) in [6.07, 6.45) is 6.66. The Morgan fingerprint density at radius 3 is 2.93 bits per heavy atom. The van der Waals surface area contributed by atoms with E-state index in [1.165, 1.54) is 32.4 Å². The highest BCUT2D eigenvalue weighted by atomic mass is 16.4. The van der Waals surface area contributed by atoms with E-state index in [4.69, 9.17) is 10.9 Å². The number of H-pyrrole nitrogens is 1. The molecule has 8 heteroatoms. The third kappa shape index (κ3) is 3.66. The number of benzene rings is 1. The first-order valence-electron chi connectivity index (χ1n) is 9.47. The third-order valence-corrected chi connectivity index (χ3v) is 5.19. The normalized spacial score (nSPS) is 16.2. The molecule has 1 fully saturated rings. The summed E-state index contributed by atoms with van der Waals surface area (Å²) in [6, 6.07) is 5.63. The third-order valence-electron chi connectivity index (χ3n) is 5.19. The Morgan fingerprint density at radius 2 is 2.11 bits per heavy atom. The van der Waals surface area contributed by atoms with Gasteiger partial charge in [0, 0.05) is 23.0 Å². The molecular weight excluding hydrogens is 342 g/mol. The summed E-state index contributed by atoms with van der Waals surface area (Å²) in [6.45, 7) is 4.45. The highest BCUT2D eigenvalue weighted by Gasteiger charge is 2.13. The van der Waals surface area contributed by atoms with Crippen LogP contribution >= 0.6 is 0 Å². The van der Waals surface area contributed by atoms with Crippen LogP contribution in [0.2, 0.25) is 0 Å². The summed E-state index contributed by atoms with van der Waals surface area (Å²) in [5.41, 5.74) is 8.00. The van der Waals surface area contributed by atoms with Crippen LogP contribution in [-0.4, -0.2) is 57.1 Å². The Hall–Kier alpha value is -2.87. The van der Waals surface area contributed by atoms with E-state index in [0.29, 0.717) is 5.56 Å². The van der Waals surface area contributed by atoms with Gasteiger partial charge in [-0.2, -0.15) is 0 Å². The zero-order valence-electron chi connectivity index (χ0n) is 15.3. The number of aromatic nitrogens is 3. The minimum atomic E-state index is 0.0812. The number of fused-ring (bicyclic) bond motifs is 3. The van der Waals surface area contributed by atoms with E-state index >= 15 is 0 Å². The van der Waals surface area contributed by atoms with Crippen LogP contribution in [0.3, 0.4) is 0 Å². The van der Waals surface area contributed by atoms with Gasteiger partial charge < -0.3 is 26.1 Å². The molecule has 0 unspecified atom stereocenters. The molecular formula is C19H25N7O. The molecule has 142 valence electrons. The fourth-order valence-corrected chi connectivity index (χ4v) is 3.77. The van der Waals surface area contributed by atoms with Crippen LogP contribution in [-0.2, 0) is 0 Å². The number of anilines is 1. The van der Waals surface area contributed by atoms with Gasteiger partial charge in [0.1, 0.15) is 17.8 Å². The number of hydrogen-bond donors (Lipinski definition) is 4. The summed E-state index contributed by atoms with van der Waals surface area (Å²) >= 11 is 0. The van der Waals surface area contributed by atoms with Crippen LogP contribution in [0, 0.1) is 0 Å². The maximum absolute atomic E-state index is 8.88. The SMILES string of the molecule is NC(=NO)c1ccc2c(c1)[nH]c1ncnc(NCCCN3CCCCC3)c12. The van der Waals surface area contributed by atoms with Crippen LogP contribution < -0.4 is 11.1 Å². The Bertz CT molecular complexity index is 959. The molecule has 0 amide bonds. The lowest BCUT2D eigenvalue weighted by Crippen LogP contribution is -2.31. The van der Waals surface area contributed by atoms with Crippen LogP contribution in [0.15, 0.2) is 29.7 Å². The first kappa shape index (κ1) is 17.5. The average Bonchev–Trinajstić information content (AvgIpc) is 3.09. The lowest BCUT2D eigenvalue weighted by Gasteiger charge is -2.26. The summed E-state index contributed by atoms with van der Waals surface area (Å²) in [5, 5.41) is 17.4. The van der Waals surface area contributed by atoms with Crippen LogP contribution in [0.25, 0.3) is 21.9 Å². The van der Waals surface area contributed by atoms with Gasteiger partial charge >= 0.3 is 0 Å². The fourth-order valence-electron chi connectivity index (χ4n) is 3.77. The number of piperidine rings is 1. The minimum Gasteiger partial charge on any atom is -0.409 e. The first-order valence-corrected chi connectivity index (χ1v) is 9.47. The molecule has 4 rings (SSSR count). The van der Waals surface area contributed by atoms with E-state index in [0.717, 1.165) is 47.3 Å². The highest BCUT2D eigenvalue weighted by Crippen LogP contribution is 2.29. The molecule has 3 heterocycles. The Labute approximate surface area is 157 Å².